The van der Waals surface area contributed by atoms with Crippen molar-refractivity contribution in [1.29, 1.82) is 0 Å². The number of rotatable bonds is 11. The fraction of sp³-hybridized carbons (Fsp3) is 0.647. The highest BCUT2D eigenvalue weighted by Gasteiger charge is 2.35. The van der Waals surface area contributed by atoms with Gasteiger partial charge in [0, 0.05) is 5.56 Å². The van der Waals surface area contributed by atoms with E-state index in [1.807, 2.05) is 6.92 Å². The van der Waals surface area contributed by atoms with Gasteiger partial charge in [0.2, 0.25) is 0 Å². The number of unbranched alkanes of at least 4 members (excludes halogenated alkanes) is 1. The highest BCUT2D eigenvalue weighted by atomic mass is 19.2. The van der Waals surface area contributed by atoms with Gasteiger partial charge in [0.15, 0.2) is 17.5 Å². The molecular formula is C17H25F3O6. The van der Waals surface area contributed by atoms with Gasteiger partial charge in [-0.15, -0.1) is 0 Å². The number of halogens is 3. The molecule has 0 amide bonds. The molecule has 150 valence electrons. The maximum atomic E-state index is 13.7. The van der Waals surface area contributed by atoms with Crippen LogP contribution in [-0.2, 0) is 11.3 Å². The second-order valence-electron chi connectivity index (χ2n) is 6.05. The maximum Gasteiger partial charge on any atom is 0.194 e. The first-order chi connectivity index (χ1) is 12.2. The second kappa shape index (κ2) is 10.8. The van der Waals surface area contributed by atoms with E-state index >= 15 is 0 Å². The minimum absolute atomic E-state index is 0.224. The molecule has 1 rings (SSSR count). The number of aliphatic hydroxyl groups excluding tert-OH is 5. The highest BCUT2D eigenvalue weighted by Crippen LogP contribution is 2.20. The molecule has 5 N–H and O–H groups in total. The van der Waals surface area contributed by atoms with Crippen molar-refractivity contribution in [2.75, 3.05) is 6.61 Å². The smallest absolute Gasteiger partial charge is 0.194 e. The third kappa shape index (κ3) is 5.90. The number of hydrogen-bond acceptors (Lipinski definition) is 6. The molecule has 0 bridgehead atoms. The molecule has 1 aromatic carbocycles. The second-order valence-corrected chi connectivity index (χ2v) is 6.05. The van der Waals surface area contributed by atoms with E-state index in [2.05, 4.69) is 0 Å². The summed E-state index contributed by atoms with van der Waals surface area (Å²) >= 11 is 0. The number of benzene rings is 1. The third-order valence-corrected chi connectivity index (χ3v) is 4.07. The molecule has 5 atom stereocenters. The minimum Gasteiger partial charge on any atom is -0.394 e. The Hall–Kier alpha value is -1.23. The fourth-order valence-corrected chi connectivity index (χ4v) is 2.39. The zero-order valence-electron chi connectivity index (χ0n) is 14.4. The average molecular weight is 382 g/mol. The summed E-state index contributed by atoms with van der Waals surface area (Å²) in [6.45, 7) is 0.532. The van der Waals surface area contributed by atoms with Gasteiger partial charge >= 0.3 is 0 Å². The van der Waals surface area contributed by atoms with Gasteiger partial charge in [0.25, 0.3) is 0 Å². The Labute approximate surface area is 149 Å². The number of hydrogen-bond donors (Lipinski definition) is 5. The standard InChI is InChI=1S/C17H25F3O6/c1-2-3-4-12(16(24)17(25)15(23)11(22)7-21)26-8-9-5-6-10(18)14(20)13(9)19/h5-6,11-12,15-17,21-25H,2-4,7-8H2,1H3. The van der Waals surface area contributed by atoms with Gasteiger partial charge in [0.05, 0.1) is 19.3 Å². The minimum atomic E-state index is -1.84. The quantitative estimate of drug-likeness (QED) is 0.359. The lowest BCUT2D eigenvalue weighted by Gasteiger charge is -2.31. The Kier molecular flexibility index (Phi) is 9.48. The van der Waals surface area contributed by atoms with Crippen LogP contribution < -0.4 is 0 Å². The lowest BCUT2D eigenvalue weighted by molar-refractivity contribution is -0.154. The molecule has 0 fully saturated rings. The van der Waals surface area contributed by atoms with Gasteiger partial charge in [0.1, 0.15) is 24.4 Å². The van der Waals surface area contributed by atoms with E-state index in [0.717, 1.165) is 12.1 Å². The van der Waals surface area contributed by atoms with Crippen molar-refractivity contribution in [3.05, 3.63) is 35.1 Å². The molecule has 0 radical (unpaired) electrons. The average Bonchev–Trinajstić information content (AvgIpc) is 2.65. The van der Waals surface area contributed by atoms with Crippen molar-refractivity contribution in [1.82, 2.24) is 0 Å². The lowest BCUT2D eigenvalue weighted by Crippen LogP contribution is -2.50. The van der Waals surface area contributed by atoms with Gasteiger partial charge in [-0.1, -0.05) is 25.8 Å². The van der Waals surface area contributed by atoms with E-state index in [4.69, 9.17) is 9.84 Å². The van der Waals surface area contributed by atoms with Crippen LogP contribution in [0.3, 0.4) is 0 Å². The van der Waals surface area contributed by atoms with Crippen LogP contribution >= 0.6 is 0 Å². The van der Waals surface area contributed by atoms with Crippen LogP contribution in [0, 0.1) is 17.5 Å². The predicted octanol–water partition coefficient (Wildman–Crippen LogP) is 0.615. The van der Waals surface area contributed by atoms with Crippen LogP contribution in [0.4, 0.5) is 13.2 Å². The van der Waals surface area contributed by atoms with E-state index in [0.29, 0.717) is 12.8 Å². The molecule has 6 nitrogen and oxygen atoms in total. The predicted molar refractivity (Wildman–Crippen MR) is 85.5 cm³/mol. The Balaban J connectivity index is 2.84. The molecule has 0 aliphatic rings. The lowest BCUT2D eigenvalue weighted by atomic mass is 9.96. The summed E-state index contributed by atoms with van der Waals surface area (Å²) in [7, 11) is 0. The fourth-order valence-electron chi connectivity index (χ4n) is 2.39. The summed E-state index contributed by atoms with van der Waals surface area (Å²) in [5.74, 6) is -4.39. The van der Waals surface area contributed by atoms with E-state index in [1.165, 1.54) is 0 Å². The summed E-state index contributed by atoms with van der Waals surface area (Å²) in [6.07, 6.45) is -6.57. The van der Waals surface area contributed by atoms with Gasteiger partial charge in [-0.25, -0.2) is 13.2 Å². The van der Waals surface area contributed by atoms with E-state index < -0.39 is 61.2 Å². The molecule has 0 saturated heterocycles. The molecule has 0 heterocycles. The van der Waals surface area contributed by atoms with Crippen molar-refractivity contribution in [2.45, 2.75) is 63.3 Å². The van der Waals surface area contributed by atoms with Crippen LogP contribution in [0.5, 0.6) is 0 Å². The summed E-state index contributed by atoms with van der Waals surface area (Å²) < 4.78 is 45.3. The largest absolute Gasteiger partial charge is 0.394 e. The summed E-state index contributed by atoms with van der Waals surface area (Å²) in [6, 6.07) is 1.74. The Morgan fingerprint density at radius 2 is 1.62 bits per heavy atom. The molecule has 0 spiro atoms. The summed E-state index contributed by atoms with van der Waals surface area (Å²) in [4.78, 5) is 0. The zero-order valence-corrected chi connectivity index (χ0v) is 14.4. The van der Waals surface area contributed by atoms with E-state index in [-0.39, 0.29) is 12.0 Å². The van der Waals surface area contributed by atoms with E-state index in [9.17, 15) is 33.6 Å². The van der Waals surface area contributed by atoms with Crippen molar-refractivity contribution in [3.63, 3.8) is 0 Å². The number of ether oxygens (including phenoxy) is 1. The van der Waals surface area contributed by atoms with Crippen LogP contribution in [-0.4, -0.2) is 62.7 Å². The SMILES string of the molecule is CCCCC(OCc1ccc(F)c(F)c1F)C(O)C(O)C(O)C(O)CO. The van der Waals surface area contributed by atoms with Crippen LogP contribution in [0.15, 0.2) is 12.1 Å². The molecule has 0 aliphatic heterocycles. The first-order valence-electron chi connectivity index (χ1n) is 8.31. The number of aliphatic hydroxyl groups is 5. The van der Waals surface area contributed by atoms with Crippen LogP contribution in [0.2, 0.25) is 0 Å². The molecule has 26 heavy (non-hydrogen) atoms. The zero-order chi connectivity index (χ0) is 19.9. The Morgan fingerprint density at radius 1 is 0.962 bits per heavy atom. The van der Waals surface area contributed by atoms with Crippen molar-refractivity contribution in [2.24, 2.45) is 0 Å². The van der Waals surface area contributed by atoms with E-state index in [1.54, 1.807) is 0 Å². The normalized spacial score (nSPS) is 17.6. The Bertz CT molecular complexity index is 560. The van der Waals surface area contributed by atoms with Crippen LogP contribution in [0.25, 0.3) is 0 Å². The first-order valence-corrected chi connectivity index (χ1v) is 8.31. The summed E-state index contributed by atoms with van der Waals surface area (Å²) in [5.41, 5.74) is -0.275. The molecule has 1 aromatic rings. The monoisotopic (exact) mass is 382 g/mol. The van der Waals surface area contributed by atoms with Crippen molar-refractivity contribution >= 4 is 0 Å². The topological polar surface area (TPSA) is 110 Å². The molecule has 5 unspecified atom stereocenters. The van der Waals surface area contributed by atoms with Gasteiger partial charge < -0.3 is 30.3 Å². The molecule has 0 saturated carbocycles. The molecule has 9 heteroatoms. The maximum absolute atomic E-state index is 13.7. The van der Waals surface area contributed by atoms with Gasteiger partial charge in [-0.3, -0.25) is 0 Å². The van der Waals surface area contributed by atoms with Crippen LogP contribution in [0.1, 0.15) is 31.7 Å². The first kappa shape index (κ1) is 22.8. The molecule has 0 aliphatic carbocycles. The Morgan fingerprint density at radius 3 is 2.19 bits per heavy atom. The molecular weight excluding hydrogens is 357 g/mol. The highest BCUT2D eigenvalue weighted by molar-refractivity contribution is 5.19. The van der Waals surface area contributed by atoms with Crippen molar-refractivity contribution in [3.8, 4) is 0 Å². The third-order valence-electron chi connectivity index (χ3n) is 4.07. The van der Waals surface area contributed by atoms with Crippen molar-refractivity contribution < 1.29 is 43.4 Å². The summed E-state index contributed by atoms with van der Waals surface area (Å²) in [5, 5.41) is 48.0. The van der Waals surface area contributed by atoms with Gasteiger partial charge in [-0.05, 0) is 12.5 Å². The molecule has 0 aromatic heterocycles. The van der Waals surface area contributed by atoms with Gasteiger partial charge in [-0.2, -0.15) is 0 Å².